The number of nitrogens with one attached hydrogen (secondary N) is 3. The Hall–Kier alpha value is -2.15. The van der Waals surface area contributed by atoms with E-state index >= 15 is 0 Å². The predicted molar refractivity (Wildman–Crippen MR) is 96.1 cm³/mol. The summed E-state index contributed by atoms with van der Waals surface area (Å²) >= 11 is 0. The summed E-state index contributed by atoms with van der Waals surface area (Å²) < 4.78 is 27.3. The fourth-order valence-electron chi connectivity index (χ4n) is 3.72. The van der Waals surface area contributed by atoms with Gasteiger partial charge >= 0.3 is 6.03 Å². The fourth-order valence-corrected chi connectivity index (χ4v) is 3.72. The first-order valence-electron chi connectivity index (χ1n) is 9.08. The topological polar surface area (TPSA) is 77.2 Å². The van der Waals surface area contributed by atoms with Gasteiger partial charge in [-0.15, -0.1) is 0 Å². The highest BCUT2D eigenvalue weighted by atomic mass is 19.1. The van der Waals surface area contributed by atoms with Crippen LogP contribution in [0.15, 0.2) is 12.1 Å². The summed E-state index contributed by atoms with van der Waals surface area (Å²) in [7, 11) is 0. The van der Waals surface area contributed by atoms with E-state index in [2.05, 4.69) is 15.6 Å². The van der Waals surface area contributed by atoms with E-state index in [4.69, 9.17) is 0 Å². The minimum atomic E-state index is -0.807. The second kappa shape index (κ2) is 7.61. The zero-order valence-corrected chi connectivity index (χ0v) is 14.9. The summed E-state index contributed by atoms with van der Waals surface area (Å²) in [6.07, 6.45) is 4.95. The van der Waals surface area contributed by atoms with Gasteiger partial charge in [-0.2, -0.15) is 0 Å². The molecular weight excluding hydrogens is 340 g/mol. The zero-order valence-electron chi connectivity index (χ0n) is 14.9. The molecule has 2 amide bonds. The summed E-state index contributed by atoms with van der Waals surface area (Å²) in [5.74, 6) is -1.25. The molecule has 1 aromatic heterocycles. The summed E-state index contributed by atoms with van der Waals surface area (Å²) in [6.45, 7) is 2.36. The van der Waals surface area contributed by atoms with Crippen molar-refractivity contribution in [1.29, 1.82) is 0 Å². The molecule has 26 heavy (non-hydrogen) atoms. The Morgan fingerprint density at radius 3 is 2.69 bits per heavy atom. The molecule has 1 fully saturated rings. The molecule has 1 aliphatic carbocycles. The van der Waals surface area contributed by atoms with Crippen LogP contribution >= 0.6 is 0 Å². The van der Waals surface area contributed by atoms with Gasteiger partial charge in [0, 0.05) is 30.2 Å². The Morgan fingerprint density at radius 2 is 1.96 bits per heavy atom. The number of H-pyrrole nitrogens is 1. The molecule has 3 rings (SSSR count). The first-order valence-corrected chi connectivity index (χ1v) is 9.08. The summed E-state index contributed by atoms with van der Waals surface area (Å²) in [4.78, 5) is 14.9. The molecule has 0 atom stereocenters. The second-order valence-electron chi connectivity index (χ2n) is 7.18. The third kappa shape index (κ3) is 4.15. The van der Waals surface area contributed by atoms with Gasteiger partial charge in [0.1, 0.15) is 11.6 Å². The van der Waals surface area contributed by atoms with Gasteiger partial charge in [-0.05, 0) is 37.8 Å². The second-order valence-corrected chi connectivity index (χ2v) is 7.18. The molecule has 2 aromatic rings. The van der Waals surface area contributed by atoms with E-state index in [-0.39, 0.29) is 18.1 Å². The normalized spacial score (nSPS) is 16.6. The monoisotopic (exact) mass is 365 g/mol. The first kappa shape index (κ1) is 18.6. The Kier molecular flexibility index (Phi) is 5.46. The van der Waals surface area contributed by atoms with Gasteiger partial charge in [0.05, 0.1) is 11.1 Å². The molecule has 5 nitrogen and oxygen atoms in total. The lowest BCUT2D eigenvalue weighted by Crippen LogP contribution is -2.47. The van der Waals surface area contributed by atoms with Crippen LogP contribution in [0.4, 0.5) is 13.6 Å². The van der Waals surface area contributed by atoms with Crippen LogP contribution in [0.1, 0.15) is 43.4 Å². The smallest absolute Gasteiger partial charge is 0.314 e. The van der Waals surface area contributed by atoms with Crippen LogP contribution in [-0.4, -0.2) is 34.8 Å². The van der Waals surface area contributed by atoms with Crippen molar-refractivity contribution in [3.63, 3.8) is 0 Å². The molecule has 1 aliphatic rings. The summed E-state index contributed by atoms with van der Waals surface area (Å²) in [5.41, 5.74) is 1.01. The minimum absolute atomic E-state index is 0.237. The Bertz CT molecular complexity index is 798. The molecule has 4 N–H and O–H groups in total. The largest absolute Gasteiger partial charge is 0.388 e. The number of halogens is 2. The van der Waals surface area contributed by atoms with Gasteiger partial charge < -0.3 is 20.7 Å². The molecule has 0 radical (unpaired) electrons. The number of hydrogen-bond donors (Lipinski definition) is 4. The molecule has 1 aromatic carbocycles. The molecule has 1 saturated carbocycles. The lowest BCUT2D eigenvalue weighted by molar-refractivity contribution is 0.00720. The number of aryl methyl sites for hydroxylation is 1. The van der Waals surface area contributed by atoms with E-state index in [9.17, 15) is 18.7 Å². The molecule has 0 aliphatic heterocycles. The predicted octanol–water partition coefficient (Wildman–Crippen LogP) is 3.29. The average molecular weight is 365 g/mol. The number of urea groups is 1. The lowest BCUT2D eigenvalue weighted by atomic mass is 9.85. The van der Waals surface area contributed by atoms with E-state index in [1.54, 1.807) is 6.92 Å². The van der Waals surface area contributed by atoms with Crippen LogP contribution in [0, 0.1) is 18.6 Å². The molecule has 142 valence electrons. The molecule has 1 heterocycles. The standard InChI is InChI=1S/C19H25F2N3O2/c1-12-14(15-9-13(20)10-16(21)17(15)24-12)5-8-22-18(25)23-11-19(26)6-3-2-4-7-19/h9-10,24,26H,2-8,11H2,1H3,(H2,22,23,25). The van der Waals surface area contributed by atoms with Crippen LogP contribution in [0.25, 0.3) is 10.9 Å². The maximum Gasteiger partial charge on any atom is 0.314 e. The Balaban J connectivity index is 1.54. The van der Waals surface area contributed by atoms with Gasteiger partial charge in [0.15, 0.2) is 0 Å². The van der Waals surface area contributed by atoms with Crippen molar-refractivity contribution in [2.45, 2.75) is 51.0 Å². The molecule has 0 unspecified atom stereocenters. The van der Waals surface area contributed by atoms with Crippen molar-refractivity contribution >= 4 is 16.9 Å². The highest BCUT2D eigenvalue weighted by Gasteiger charge is 2.29. The van der Waals surface area contributed by atoms with Gasteiger partial charge in [-0.1, -0.05) is 19.3 Å². The van der Waals surface area contributed by atoms with Crippen molar-refractivity contribution < 1.29 is 18.7 Å². The summed E-state index contributed by atoms with van der Waals surface area (Å²) in [6, 6.07) is 1.80. The number of hydrogen-bond acceptors (Lipinski definition) is 2. The van der Waals surface area contributed by atoms with E-state index in [1.165, 1.54) is 6.07 Å². The number of aromatic amines is 1. The van der Waals surface area contributed by atoms with Crippen LogP contribution in [0.3, 0.4) is 0 Å². The maximum atomic E-state index is 13.8. The number of rotatable bonds is 5. The van der Waals surface area contributed by atoms with Gasteiger partial charge in [0.2, 0.25) is 0 Å². The van der Waals surface area contributed by atoms with Crippen molar-refractivity contribution in [3.8, 4) is 0 Å². The molecule has 7 heteroatoms. The summed E-state index contributed by atoms with van der Waals surface area (Å²) in [5, 5.41) is 16.3. The number of amides is 2. The fraction of sp³-hybridized carbons (Fsp3) is 0.526. The molecule has 0 saturated heterocycles. The van der Waals surface area contributed by atoms with E-state index in [0.717, 1.165) is 36.6 Å². The Labute approximate surface area is 151 Å². The van der Waals surface area contributed by atoms with E-state index < -0.39 is 17.2 Å². The van der Waals surface area contributed by atoms with Crippen molar-refractivity contribution in [1.82, 2.24) is 15.6 Å². The number of carbonyl (C=O) groups excluding carboxylic acids is 1. The van der Waals surface area contributed by atoms with E-state index in [1.807, 2.05) is 0 Å². The number of aromatic nitrogens is 1. The Morgan fingerprint density at radius 1 is 1.23 bits per heavy atom. The zero-order chi connectivity index (χ0) is 18.7. The van der Waals surface area contributed by atoms with Crippen molar-refractivity contribution in [2.24, 2.45) is 0 Å². The average Bonchev–Trinajstić information content (AvgIpc) is 2.90. The highest BCUT2D eigenvalue weighted by Crippen LogP contribution is 2.27. The third-order valence-corrected chi connectivity index (χ3v) is 5.17. The third-order valence-electron chi connectivity index (χ3n) is 5.17. The van der Waals surface area contributed by atoms with E-state index in [0.29, 0.717) is 31.2 Å². The van der Waals surface area contributed by atoms with Crippen LogP contribution in [-0.2, 0) is 6.42 Å². The number of benzene rings is 1. The molecule has 0 bridgehead atoms. The van der Waals surface area contributed by atoms with Gasteiger partial charge in [-0.3, -0.25) is 0 Å². The number of fused-ring (bicyclic) bond motifs is 1. The maximum absolute atomic E-state index is 13.8. The molecular formula is C19H25F2N3O2. The van der Waals surface area contributed by atoms with Gasteiger partial charge in [0.25, 0.3) is 0 Å². The van der Waals surface area contributed by atoms with Crippen molar-refractivity contribution in [3.05, 3.63) is 35.0 Å². The van der Waals surface area contributed by atoms with Crippen molar-refractivity contribution in [2.75, 3.05) is 13.1 Å². The quantitative estimate of drug-likeness (QED) is 0.656. The number of aliphatic hydroxyl groups is 1. The number of carbonyl (C=O) groups is 1. The lowest BCUT2D eigenvalue weighted by Gasteiger charge is -2.32. The first-order chi connectivity index (χ1) is 12.4. The molecule has 0 spiro atoms. The van der Waals surface area contributed by atoms with Crippen LogP contribution in [0.2, 0.25) is 0 Å². The van der Waals surface area contributed by atoms with Crippen LogP contribution in [0.5, 0.6) is 0 Å². The highest BCUT2D eigenvalue weighted by molar-refractivity contribution is 5.85. The SMILES string of the molecule is Cc1[nH]c2c(F)cc(F)cc2c1CCNC(=O)NCC1(O)CCCCC1. The van der Waals surface area contributed by atoms with Gasteiger partial charge in [-0.25, -0.2) is 13.6 Å². The minimum Gasteiger partial charge on any atom is -0.388 e. The van der Waals surface area contributed by atoms with Crippen LogP contribution < -0.4 is 10.6 Å².